The molecule has 0 saturated carbocycles. The van der Waals surface area contributed by atoms with Gasteiger partial charge in [0.15, 0.2) is 5.11 Å². The van der Waals surface area contributed by atoms with Crippen LogP contribution in [0.1, 0.15) is 26.0 Å². The van der Waals surface area contributed by atoms with Gasteiger partial charge in [-0.3, -0.25) is 10.4 Å². The van der Waals surface area contributed by atoms with Gasteiger partial charge in [0.1, 0.15) is 0 Å². The van der Waals surface area contributed by atoms with Gasteiger partial charge in [-0.15, -0.1) is 0 Å². The molecule has 4 nitrogen and oxygen atoms in total. The van der Waals surface area contributed by atoms with Gasteiger partial charge in [-0.25, -0.2) is 0 Å². The highest BCUT2D eigenvalue weighted by molar-refractivity contribution is 7.80. The first-order valence-corrected chi connectivity index (χ1v) is 7.05. The van der Waals surface area contributed by atoms with Crippen molar-refractivity contribution in [3.63, 3.8) is 0 Å². The molecular weight excluding hydrogens is 268 g/mol. The number of nitrogens with one attached hydrogen (secondary N) is 2. The van der Waals surface area contributed by atoms with Gasteiger partial charge in [0.05, 0.1) is 11.4 Å². The minimum atomic E-state index is 0.534. The summed E-state index contributed by atoms with van der Waals surface area (Å²) >= 11 is 5.13. The van der Waals surface area contributed by atoms with Crippen molar-refractivity contribution in [1.29, 1.82) is 0 Å². The molecule has 1 aromatic heterocycles. The van der Waals surface area contributed by atoms with Crippen molar-refractivity contribution in [3.8, 4) is 0 Å². The largest absolute Gasteiger partial charge is 0.361 e. The van der Waals surface area contributed by atoms with Crippen molar-refractivity contribution in [2.24, 2.45) is 5.10 Å². The highest BCUT2D eigenvalue weighted by Gasteiger charge is 2.05. The minimum absolute atomic E-state index is 0.534. The molecule has 0 bridgehead atoms. The van der Waals surface area contributed by atoms with Gasteiger partial charge in [0, 0.05) is 18.1 Å². The molecule has 1 heterocycles. The zero-order chi connectivity index (χ0) is 14.4. The van der Waals surface area contributed by atoms with E-state index < -0.39 is 0 Å². The van der Waals surface area contributed by atoms with Crippen LogP contribution in [-0.4, -0.2) is 22.4 Å². The summed E-state index contributed by atoms with van der Waals surface area (Å²) in [6, 6.07) is 10.1. The lowest BCUT2D eigenvalue weighted by atomic mass is 10.1. The summed E-state index contributed by atoms with van der Waals surface area (Å²) < 4.78 is 0. The Morgan fingerprint density at radius 3 is 2.90 bits per heavy atom. The lowest BCUT2D eigenvalue weighted by Crippen LogP contribution is -2.33. The van der Waals surface area contributed by atoms with Crippen LogP contribution in [0, 0.1) is 0 Å². The molecule has 0 unspecified atom stereocenters. The van der Waals surface area contributed by atoms with E-state index in [1.54, 1.807) is 6.20 Å². The Labute approximate surface area is 124 Å². The highest BCUT2D eigenvalue weighted by atomic mass is 32.1. The topological polar surface area (TPSA) is 49.3 Å². The Morgan fingerprint density at radius 1 is 1.30 bits per heavy atom. The molecule has 104 valence electrons. The third-order valence-electron chi connectivity index (χ3n) is 2.88. The Hall–Kier alpha value is -2.01. The number of rotatable bonds is 4. The molecule has 0 spiro atoms. The molecule has 1 aromatic carbocycles. The third kappa shape index (κ3) is 3.51. The number of hydrogen-bond donors (Lipinski definition) is 2. The van der Waals surface area contributed by atoms with Crippen LogP contribution in [0.2, 0.25) is 0 Å². The van der Waals surface area contributed by atoms with Crippen molar-refractivity contribution >= 4 is 33.8 Å². The lowest BCUT2D eigenvalue weighted by Gasteiger charge is -2.08. The van der Waals surface area contributed by atoms with Gasteiger partial charge in [-0.2, -0.15) is 5.10 Å². The van der Waals surface area contributed by atoms with E-state index in [4.69, 9.17) is 12.2 Å². The molecule has 0 fully saturated rings. The summed E-state index contributed by atoms with van der Waals surface area (Å²) in [5, 5.41) is 10.1. The van der Waals surface area contributed by atoms with Gasteiger partial charge in [0.25, 0.3) is 0 Å². The fraction of sp³-hybridized carbons (Fsp3) is 0.267. The summed E-state index contributed by atoms with van der Waals surface area (Å²) in [7, 11) is 0. The summed E-state index contributed by atoms with van der Waals surface area (Å²) in [6.45, 7) is 4.85. The average Bonchev–Trinajstić information content (AvgIpc) is 2.50. The first kappa shape index (κ1) is 14.4. The highest BCUT2D eigenvalue weighted by Crippen LogP contribution is 2.16. The van der Waals surface area contributed by atoms with E-state index in [-0.39, 0.29) is 0 Å². The predicted octanol–water partition coefficient (Wildman–Crippen LogP) is 2.83. The van der Waals surface area contributed by atoms with Crippen LogP contribution in [0.5, 0.6) is 0 Å². The summed E-state index contributed by atoms with van der Waals surface area (Å²) in [5.74, 6) is 0. The molecule has 2 rings (SSSR count). The zero-order valence-electron chi connectivity index (χ0n) is 11.7. The smallest absolute Gasteiger partial charge is 0.186 e. The van der Waals surface area contributed by atoms with E-state index in [1.807, 2.05) is 31.2 Å². The maximum Gasteiger partial charge on any atom is 0.186 e. The number of fused-ring (bicyclic) bond motifs is 1. The second-order valence-corrected chi connectivity index (χ2v) is 4.85. The van der Waals surface area contributed by atoms with Crippen LogP contribution in [0.4, 0.5) is 0 Å². The number of hydrazone groups is 1. The molecule has 0 saturated heterocycles. The molecule has 0 aliphatic carbocycles. The number of nitrogens with zero attached hydrogens (tertiary/aromatic N) is 2. The predicted molar refractivity (Wildman–Crippen MR) is 88.0 cm³/mol. The van der Waals surface area contributed by atoms with Crippen LogP contribution in [0.15, 0.2) is 41.6 Å². The Balaban J connectivity index is 2.18. The van der Waals surface area contributed by atoms with Crippen LogP contribution < -0.4 is 10.7 Å². The number of pyridine rings is 1. The third-order valence-corrected chi connectivity index (χ3v) is 3.11. The van der Waals surface area contributed by atoms with E-state index in [9.17, 15) is 0 Å². The van der Waals surface area contributed by atoms with Crippen LogP contribution in [0.25, 0.3) is 10.8 Å². The van der Waals surface area contributed by atoms with E-state index in [0.29, 0.717) is 5.11 Å². The lowest BCUT2D eigenvalue weighted by molar-refractivity contribution is 0.816. The first-order valence-electron chi connectivity index (χ1n) is 6.64. The van der Waals surface area contributed by atoms with Crippen molar-refractivity contribution < 1.29 is 0 Å². The number of hydrogen-bond acceptors (Lipinski definition) is 3. The fourth-order valence-corrected chi connectivity index (χ4v) is 2.02. The molecule has 5 heteroatoms. The Kier molecular flexibility index (Phi) is 5.01. The number of thiocarbonyl (C=S) groups is 1. The van der Waals surface area contributed by atoms with Crippen molar-refractivity contribution in [2.45, 2.75) is 20.3 Å². The SMILES string of the molecule is CCCNC(=S)N/N=C(/C)c1nccc2ccccc12. The minimum Gasteiger partial charge on any atom is -0.361 e. The molecule has 2 aromatic rings. The first-order chi connectivity index (χ1) is 9.72. The second kappa shape index (κ2) is 6.96. The summed E-state index contributed by atoms with van der Waals surface area (Å²) in [4.78, 5) is 4.41. The summed E-state index contributed by atoms with van der Waals surface area (Å²) in [5.41, 5.74) is 4.53. The molecule has 0 atom stereocenters. The average molecular weight is 286 g/mol. The zero-order valence-corrected chi connectivity index (χ0v) is 12.5. The van der Waals surface area contributed by atoms with Gasteiger partial charge < -0.3 is 5.32 Å². The van der Waals surface area contributed by atoms with Gasteiger partial charge >= 0.3 is 0 Å². The van der Waals surface area contributed by atoms with E-state index in [1.165, 1.54) is 0 Å². The maximum absolute atomic E-state index is 5.13. The Bertz CT molecular complexity index is 631. The van der Waals surface area contributed by atoms with Crippen LogP contribution >= 0.6 is 12.2 Å². The van der Waals surface area contributed by atoms with Crippen molar-refractivity contribution in [1.82, 2.24) is 15.7 Å². The molecule has 0 amide bonds. The monoisotopic (exact) mass is 286 g/mol. The standard InChI is InChI=1S/C15H18N4S/c1-3-9-17-15(20)19-18-11(2)14-13-7-5-4-6-12(13)8-10-16-14/h4-8,10H,3,9H2,1-2H3,(H2,17,19,20)/b18-11-. The van der Waals surface area contributed by atoms with Crippen molar-refractivity contribution in [3.05, 3.63) is 42.2 Å². The van der Waals surface area contributed by atoms with E-state index in [0.717, 1.165) is 35.1 Å². The maximum atomic E-state index is 5.13. The van der Waals surface area contributed by atoms with Crippen molar-refractivity contribution in [2.75, 3.05) is 6.54 Å². The van der Waals surface area contributed by atoms with Gasteiger partial charge in [-0.1, -0.05) is 31.2 Å². The van der Waals surface area contributed by atoms with Crippen LogP contribution in [-0.2, 0) is 0 Å². The molecule has 20 heavy (non-hydrogen) atoms. The fourth-order valence-electron chi connectivity index (χ4n) is 1.87. The normalized spacial score (nSPS) is 11.4. The van der Waals surface area contributed by atoms with Crippen LogP contribution in [0.3, 0.4) is 0 Å². The molecule has 2 N–H and O–H groups in total. The molecule has 0 aliphatic rings. The number of aromatic nitrogens is 1. The van der Waals surface area contributed by atoms with Gasteiger partial charge in [-0.05, 0) is 37.0 Å². The molecular formula is C15H18N4S. The number of benzene rings is 1. The van der Waals surface area contributed by atoms with Gasteiger partial charge in [0.2, 0.25) is 0 Å². The Morgan fingerprint density at radius 2 is 2.10 bits per heavy atom. The van der Waals surface area contributed by atoms with E-state index in [2.05, 4.69) is 33.8 Å². The second-order valence-electron chi connectivity index (χ2n) is 4.45. The van der Waals surface area contributed by atoms with E-state index >= 15 is 0 Å². The summed E-state index contributed by atoms with van der Waals surface area (Å²) in [6.07, 6.45) is 2.82. The molecule has 0 radical (unpaired) electrons. The molecule has 0 aliphatic heterocycles. The quantitative estimate of drug-likeness (QED) is 0.515.